The summed E-state index contributed by atoms with van der Waals surface area (Å²) in [6.45, 7) is 0.246. The highest BCUT2D eigenvalue weighted by atomic mass is 35.5. The molecule has 2 aromatic carbocycles. The molecule has 1 aliphatic rings. The topological polar surface area (TPSA) is 124 Å². The Kier molecular flexibility index (Phi) is 7.48. The minimum absolute atomic E-state index is 0.244. The number of rotatable bonds is 11. The van der Waals surface area contributed by atoms with Crippen molar-refractivity contribution in [1.29, 1.82) is 0 Å². The summed E-state index contributed by atoms with van der Waals surface area (Å²) in [5.74, 6) is 2.15. The Labute approximate surface area is 209 Å². The summed E-state index contributed by atoms with van der Waals surface area (Å²) >= 11 is 6.30. The predicted octanol–water partition coefficient (Wildman–Crippen LogP) is 4.22. The van der Waals surface area contributed by atoms with Gasteiger partial charge in [-0.2, -0.15) is 4.98 Å². The van der Waals surface area contributed by atoms with Gasteiger partial charge in [-0.15, -0.1) is 0 Å². The number of aromatic nitrogens is 2. The van der Waals surface area contributed by atoms with Gasteiger partial charge >= 0.3 is 0 Å². The molecule has 4 rings (SSSR count). The summed E-state index contributed by atoms with van der Waals surface area (Å²) in [6.07, 6.45) is 2.95. The highest BCUT2D eigenvalue weighted by Crippen LogP contribution is 2.40. The summed E-state index contributed by atoms with van der Waals surface area (Å²) < 4.78 is 42.8. The van der Waals surface area contributed by atoms with Crippen LogP contribution >= 0.6 is 11.6 Å². The third-order valence-electron chi connectivity index (χ3n) is 5.32. The van der Waals surface area contributed by atoms with E-state index in [0.717, 1.165) is 24.1 Å². The number of nitrogens with zero attached hydrogens (tertiary/aromatic N) is 2. The van der Waals surface area contributed by atoms with Crippen molar-refractivity contribution in [3.8, 4) is 17.2 Å². The molecule has 3 N–H and O–H groups in total. The molecule has 35 heavy (non-hydrogen) atoms. The van der Waals surface area contributed by atoms with E-state index in [4.69, 9.17) is 25.8 Å². The molecule has 1 heterocycles. The maximum absolute atomic E-state index is 12.0. The zero-order valence-electron chi connectivity index (χ0n) is 19.5. The number of sulfonamides is 1. The van der Waals surface area contributed by atoms with Gasteiger partial charge in [0.2, 0.25) is 21.7 Å². The molecule has 0 amide bonds. The van der Waals surface area contributed by atoms with Gasteiger partial charge < -0.3 is 24.8 Å². The molecule has 1 aliphatic carbocycles. The highest BCUT2D eigenvalue weighted by molar-refractivity contribution is 7.90. The van der Waals surface area contributed by atoms with E-state index in [-0.39, 0.29) is 11.8 Å². The van der Waals surface area contributed by atoms with E-state index in [2.05, 4.69) is 25.3 Å². The molecule has 1 saturated carbocycles. The summed E-state index contributed by atoms with van der Waals surface area (Å²) in [5.41, 5.74) is 2.21. The Balaban J connectivity index is 1.46. The first-order chi connectivity index (χ1) is 16.8. The zero-order valence-corrected chi connectivity index (χ0v) is 21.0. The fourth-order valence-electron chi connectivity index (χ4n) is 3.32. The normalized spacial score (nSPS) is 13.3. The monoisotopic (exact) mass is 519 g/mol. The van der Waals surface area contributed by atoms with Crippen LogP contribution in [0.1, 0.15) is 18.4 Å². The molecule has 0 bridgehead atoms. The second kappa shape index (κ2) is 10.5. The molecule has 0 spiro atoms. The van der Waals surface area contributed by atoms with Crippen molar-refractivity contribution in [3.05, 3.63) is 53.2 Å². The van der Waals surface area contributed by atoms with Crippen molar-refractivity contribution in [2.45, 2.75) is 24.6 Å². The van der Waals surface area contributed by atoms with Crippen molar-refractivity contribution >= 4 is 44.8 Å². The number of ether oxygens (including phenoxy) is 3. The van der Waals surface area contributed by atoms with Crippen LogP contribution in [-0.2, 0) is 16.6 Å². The second-order valence-electron chi connectivity index (χ2n) is 7.82. The van der Waals surface area contributed by atoms with Crippen LogP contribution < -0.4 is 29.6 Å². The summed E-state index contributed by atoms with van der Waals surface area (Å²) in [7, 11) is 1.39. The maximum Gasteiger partial charge on any atom is 0.229 e. The first-order valence-electron chi connectivity index (χ1n) is 10.8. The SMILES string of the molecule is COc1cc(Nc2ncc(Cl)c(Nc3ccc(CNS(=O)(=O)C4CC4)cc3)n2)cc(OC)c1OC. The van der Waals surface area contributed by atoms with Gasteiger partial charge in [-0.3, -0.25) is 0 Å². The molecule has 0 radical (unpaired) electrons. The van der Waals surface area contributed by atoms with Crippen molar-refractivity contribution in [2.75, 3.05) is 32.0 Å². The summed E-state index contributed by atoms with van der Waals surface area (Å²) in [4.78, 5) is 8.70. The van der Waals surface area contributed by atoms with Gasteiger partial charge in [0.25, 0.3) is 0 Å². The van der Waals surface area contributed by atoms with E-state index in [1.807, 2.05) is 24.3 Å². The molecule has 0 saturated heterocycles. The van der Waals surface area contributed by atoms with Crippen molar-refractivity contribution < 1.29 is 22.6 Å². The minimum Gasteiger partial charge on any atom is -0.493 e. The maximum atomic E-state index is 12.0. The number of nitrogens with one attached hydrogen (secondary N) is 3. The molecular formula is C23H26ClN5O5S. The van der Waals surface area contributed by atoms with Crippen LogP contribution in [-0.4, -0.2) is 45.0 Å². The third kappa shape index (κ3) is 6.05. The molecule has 3 aromatic rings. The fourth-order valence-corrected chi connectivity index (χ4v) is 4.82. The van der Waals surface area contributed by atoms with Gasteiger partial charge in [-0.25, -0.2) is 18.1 Å². The fraction of sp³-hybridized carbons (Fsp3) is 0.304. The first kappa shape index (κ1) is 24.8. The van der Waals surface area contributed by atoms with Crippen LogP contribution in [0.15, 0.2) is 42.6 Å². The Hall–Kier alpha value is -3.28. The molecule has 1 fully saturated rings. The average molecular weight is 520 g/mol. The number of benzene rings is 2. The van der Waals surface area contributed by atoms with Crippen LogP contribution in [0.2, 0.25) is 5.02 Å². The number of anilines is 4. The van der Waals surface area contributed by atoms with Crippen LogP contribution in [0.5, 0.6) is 17.2 Å². The lowest BCUT2D eigenvalue weighted by Gasteiger charge is -2.15. The quantitative estimate of drug-likeness (QED) is 0.341. The zero-order chi connectivity index (χ0) is 25.0. The lowest BCUT2D eigenvalue weighted by atomic mass is 10.2. The summed E-state index contributed by atoms with van der Waals surface area (Å²) in [5, 5.41) is 6.36. The third-order valence-corrected chi connectivity index (χ3v) is 7.49. The molecule has 12 heteroatoms. The van der Waals surface area contributed by atoms with E-state index in [1.165, 1.54) is 27.5 Å². The minimum atomic E-state index is -3.22. The van der Waals surface area contributed by atoms with Crippen LogP contribution in [0.4, 0.5) is 23.1 Å². The standard InChI is InChI=1S/C23H26ClN5O5S/c1-32-19-10-16(11-20(33-2)21(19)34-3)28-23-25-13-18(24)22(29-23)27-15-6-4-14(5-7-15)12-26-35(30,31)17-8-9-17/h4-7,10-11,13,17,26H,8-9,12H2,1-3H3,(H2,25,27,28,29). The van der Waals surface area contributed by atoms with Gasteiger partial charge in [-0.05, 0) is 30.5 Å². The van der Waals surface area contributed by atoms with Gasteiger partial charge in [0, 0.05) is 30.1 Å². The first-order valence-corrected chi connectivity index (χ1v) is 12.7. The van der Waals surface area contributed by atoms with Crippen LogP contribution in [0, 0.1) is 0 Å². The Morgan fingerprint density at radius 2 is 1.63 bits per heavy atom. The molecule has 0 aliphatic heterocycles. The Morgan fingerprint density at radius 1 is 0.971 bits per heavy atom. The molecule has 1 aromatic heterocycles. The number of methoxy groups -OCH3 is 3. The predicted molar refractivity (Wildman–Crippen MR) is 135 cm³/mol. The lowest BCUT2D eigenvalue weighted by Crippen LogP contribution is -2.26. The van der Waals surface area contributed by atoms with E-state index < -0.39 is 10.0 Å². The van der Waals surface area contributed by atoms with E-state index in [9.17, 15) is 8.42 Å². The lowest BCUT2D eigenvalue weighted by molar-refractivity contribution is 0.324. The van der Waals surface area contributed by atoms with Crippen LogP contribution in [0.3, 0.4) is 0 Å². The molecule has 0 unspecified atom stereocenters. The van der Waals surface area contributed by atoms with Crippen molar-refractivity contribution in [2.24, 2.45) is 0 Å². The van der Waals surface area contributed by atoms with Gasteiger partial charge in [0.15, 0.2) is 17.3 Å². The molecule has 10 nitrogen and oxygen atoms in total. The second-order valence-corrected chi connectivity index (χ2v) is 10.3. The smallest absolute Gasteiger partial charge is 0.229 e. The van der Waals surface area contributed by atoms with Gasteiger partial charge in [-0.1, -0.05) is 23.7 Å². The Bertz CT molecular complexity index is 1280. The number of hydrogen-bond donors (Lipinski definition) is 3. The molecule has 0 atom stereocenters. The Morgan fingerprint density at radius 3 is 2.20 bits per heavy atom. The van der Waals surface area contributed by atoms with Gasteiger partial charge in [0.1, 0.15) is 5.02 Å². The number of halogens is 1. The average Bonchev–Trinajstić information content (AvgIpc) is 3.71. The number of hydrogen-bond acceptors (Lipinski definition) is 9. The van der Waals surface area contributed by atoms with Gasteiger partial charge in [0.05, 0.1) is 32.8 Å². The molecule has 186 valence electrons. The highest BCUT2D eigenvalue weighted by Gasteiger charge is 2.35. The molecular weight excluding hydrogens is 494 g/mol. The largest absolute Gasteiger partial charge is 0.493 e. The van der Waals surface area contributed by atoms with Crippen LogP contribution in [0.25, 0.3) is 0 Å². The van der Waals surface area contributed by atoms with Crippen molar-refractivity contribution in [1.82, 2.24) is 14.7 Å². The summed E-state index contributed by atoms with van der Waals surface area (Å²) in [6, 6.07) is 10.8. The van der Waals surface area contributed by atoms with E-state index >= 15 is 0 Å². The van der Waals surface area contributed by atoms with Crippen molar-refractivity contribution in [3.63, 3.8) is 0 Å². The van der Waals surface area contributed by atoms with E-state index in [1.54, 1.807) is 12.1 Å². The van der Waals surface area contributed by atoms with E-state index in [0.29, 0.717) is 39.7 Å².